The Kier molecular flexibility index (Phi) is 6.81. The number of ketones is 1. The van der Waals surface area contributed by atoms with Crippen LogP contribution in [0.3, 0.4) is 0 Å². The molecule has 1 saturated carbocycles. The average Bonchev–Trinajstić information content (AvgIpc) is 3.50. The third-order valence-electron chi connectivity index (χ3n) is 5.84. The van der Waals surface area contributed by atoms with Crippen molar-refractivity contribution >= 4 is 11.6 Å². The maximum atomic E-state index is 14.8. The van der Waals surface area contributed by atoms with E-state index in [-0.39, 0.29) is 30.1 Å². The van der Waals surface area contributed by atoms with Gasteiger partial charge in [0.25, 0.3) is 12.3 Å². The standard InChI is InChI=1S/C23H26F3N3O3/c1-14(10-19(30)21(25)26)16-4-6-17(7-5-16)32-18-8-9-29(11-18)22-20(24)23(28-13-27-22)31-12-15-2-3-15/h4-7,13-15,18,21H,2-3,8-12H2,1H3/t14-,18?/m1/s1. The van der Waals surface area contributed by atoms with Crippen molar-refractivity contribution in [1.82, 2.24) is 9.97 Å². The minimum atomic E-state index is -2.94. The Bertz CT molecular complexity index is 938. The van der Waals surface area contributed by atoms with Crippen LogP contribution in [0.25, 0.3) is 0 Å². The zero-order chi connectivity index (χ0) is 22.7. The molecule has 1 unspecified atom stereocenters. The van der Waals surface area contributed by atoms with E-state index in [0.29, 0.717) is 37.8 Å². The molecular formula is C23H26F3N3O3. The molecule has 2 aromatic rings. The molecule has 0 N–H and O–H groups in total. The van der Waals surface area contributed by atoms with Crippen molar-refractivity contribution in [2.75, 3.05) is 24.6 Å². The minimum Gasteiger partial charge on any atom is -0.489 e. The molecule has 0 radical (unpaired) electrons. The highest BCUT2D eigenvalue weighted by molar-refractivity contribution is 5.82. The zero-order valence-electron chi connectivity index (χ0n) is 17.8. The van der Waals surface area contributed by atoms with Gasteiger partial charge < -0.3 is 14.4 Å². The molecule has 0 bridgehead atoms. The zero-order valence-corrected chi connectivity index (χ0v) is 17.8. The van der Waals surface area contributed by atoms with Gasteiger partial charge in [0.1, 0.15) is 18.2 Å². The van der Waals surface area contributed by atoms with Crippen LogP contribution in [0.4, 0.5) is 19.0 Å². The van der Waals surface area contributed by atoms with Crippen LogP contribution < -0.4 is 14.4 Å². The van der Waals surface area contributed by atoms with Gasteiger partial charge in [-0.15, -0.1) is 0 Å². The predicted molar refractivity (Wildman–Crippen MR) is 112 cm³/mol. The van der Waals surface area contributed by atoms with Crippen molar-refractivity contribution in [2.45, 2.75) is 51.1 Å². The number of rotatable bonds is 10. The van der Waals surface area contributed by atoms with Crippen LogP contribution in [0.5, 0.6) is 11.6 Å². The van der Waals surface area contributed by atoms with E-state index < -0.39 is 18.0 Å². The molecule has 4 rings (SSSR count). The van der Waals surface area contributed by atoms with Gasteiger partial charge in [0, 0.05) is 19.4 Å². The van der Waals surface area contributed by atoms with Gasteiger partial charge in [0.05, 0.1) is 13.2 Å². The molecular weight excluding hydrogens is 423 g/mol. The van der Waals surface area contributed by atoms with E-state index in [4.69, 9.17) is 9.47 Å². The summed E-state index contributed by atoms with van der Waals surface area (Å²) in [6.45, 7) is 3.27. The number of carbonyl (C=O) groups is 1. The summed E-state index contributed by atoms with van der Waals surface area (Å²) in [5, 5.41) is 0. The molecule has 1 aromatic carbocycles. The van der Waals surface area contributed by atoms with Crippen LogP contribution in [0, 0.1) is 11.7 Å². The van der Waals surface area contributed by atoms with E-state index in [1.807, 2.05) is 4.90 Å². The molecule has 6 nitrogen and oxygen atoms in total. The van der Waals surface area contributed by atoms with Crippen molar-refractivity contribution in [3.63, 3.8) is 0 Å². The van der Waals surface area contributed by atoms with Gasteiger partial charge in [-0.05, 0) is 42.4 Å². The second-order valence-corrected chi connectivity index (χ2v) is 8.49. The van der Waals surface area contributed by atoms with Crippen molar-refractivity contribution in [1.29, 1.82) is 0 Å². The number of Topliss-reactive ketones (excluding diaryl/α,β-unsaturated/α-hetero) is 1. The number of halogens is 3. The van der Waals surface area contributed by atoms with Crippen LogP contribution in [0.2, 0.25) is 0 Å². The number of carbonyl (C=O) groups excluding carboxylic acids is 1. The summed E-state index contributed by atoms with van der Waals surface area (Å²) in [6, 6.07) is 7.07. The highest BCUT2D eigenvalue weighted by Crippen LogP contribution is 2.32. The molecule has 2 fully saturated rings. The first-order valence-electron chi connectivity index (χ1n) is 10.9. The molecule has 2 aliphatic rings. The SMILES string of the molecule is C[C@H](CC(=O)C(F)F)c1ccc(OC2CCN(c3ncnc(OCC4CC4)c3F)C2)cc1. The predicted octanol–water partition coefficient (Wildman–Crippen LogP) is 4.39. The molecule has 2 atom stereocenters. The van der Waals surface area contributed by atoms with Gasteiger partial charge in [-0.1, -0.05) is 19.1 Å². The lowest BCUT2D eigenvalue weighted by molar-refractivity contribution is -0.129. The van der Waals surface area contributed by atoms with Crippen molar-refractivity contribution < 1.29 is 27.4 Å². The van der Waals surface area contributed by atoms with Gasteiger partial charge in [0.2, 0.25) is 5.82 Å². The molecule has 9 heteroatoms. The van der Waals surface area contributed by atoms with Crippen LogP contribution in [-0.2, 0) is 4.79 Å². The van der Waals surface area contributed by atoms with Crippen LogP contribution in [0.15, 0.2) is 30.6 Å². The minimum absolute atomic E-state index is 0.0127. The molecule has 1 aliphatic heterocycles. The molecule has 1 aliphatic carbocycles. The Morgan fingerprint density at radius 1 is 1.19 bits per heavy atom. The lowest BCUT2D eigenvalue weighted by atomic mass is 9.96. The molecule has 0 spiro atoms. The summed E-state index contributed by atoms with van der Waals surface area (Å²) in [4.78, 5) is 21.1. The third-order valence-corrected chi connectivity index (χ3v) is 5.84. The first kappa shape index (κ1) is 22.4. The third kappa shape index (κ3) is 5.49. The second-order valence-electron chi connectivity index (χ2n) is 8.49. The Morgan fingerprint density at radius 3 is 2.62 bits per heavy atom. The molecule has 32 heavy (non-hydrogen) atoms. The Balaban J connectivity index is 1.32. The topological polar surface area (TPSA) is 64.5 Å². The Labute approximate surface area is 184 Å². The number of benzene rings is 1. The summed E-state index contributed by atoms with van der Waals surface area (Å²) >= 11 is 0. The summed E-state index contributed by atoms with van der Waals surface area (Å²) in [5.41, 5.74) is 0.793. The van der Waals surface area contributed by atoms with E-state index in [2.05, 4.69) is 9.97 Å². The molecule has 0 amide bonds. The highest BCUT2D eigenvalue weighted by Gasteiger charge is 2.29. The van der Waals surface area contributed by atoms with E-state index >= 15 is 0 Å². The number of alkyl halides is 2. The Hall–Kier alpha value is -2.84. The van der Waals surface area contributed by atoms with Crippen molar-refractivity contribution in [3.05, 3.63) is 42.0 Å². The summed E-state index contributed by atoms with van der Waals surface area (Å²) in [5.74, 6) is -0.579. The number of nitrogens with zero attached hydrogens (tertiary/aromatic N) is 3. The fourth-order valence-corrected chi connectivity index (χ4v) is 3.74. The summed E-state index contributed by atoms with van der Waals surface area (Å²) < 4.78 is 51.2. The molecule has 1 aromatic heterocycles. The van der Waals surface area contributed by atoms with Gasteiger partial charge in [-0.3, -0.25) is 4.79 Å². The second kappa shape index (κ2) is 9.75. The summed E-state index contributed by atoms with van der Waals surface area (Å²) in [6.07, 6.45) is 0.939. The van der Waals surface area contributed by atoms with Gasteiger partial charge in [0.15, 0.2) is 11.6 Å². The van der Waals surface area contributed by atoms with E-state index in [1.165, 1.54) is 6.33 Å². The first-order chi connectivity index (χ1) is 15.4. The van der Waals surface area contributed by atoms with Crippen LogP contribution in [-0.4, -0.2) is 48.0 Å². The number of hydrogen-bond donors (Lipinski definition) is 0. The highest BCUT2D eigenvalue weighted by atomic mass is 19.3. The van der Waals surface area contributed by atoms with Crippen LogP contribution in [0.1, 0.15) is 44.1 Å². The lowest BCUT2D eigenvalue weighted by Gasteiger charge is -2.19. The first-order valence-corrected chi connectivity index (χ1v) is 10.9. The monoisotopic (exact) mass is 449 g/mol. The van der Waals surface area contributed by atoms with Gasteiger partial charge >= 0.3 is 0 Å². The number of aromatic nitrogens is 2. The Morgan fingerprint density at radius 2 is 1.94 bits per heavy atom. The summed E-state index contributed by atoms with van der Waals surface area (Å²) in [7, 11) is 0. The number of hydrogen-bond acceptors (Lipinski definition) is 6. The fraction of sp³-hybridized carbons (Fsp3) is 0.522. The van der Waals surface area contributed by atoms with Gasteiger partial charge in [-0.2, -0.15) is 9.37 Å². The van der Waals surface area contributed by atoms with E-state index in [1.54, 1.807) is 31.2 Å². The molecule has 1 saturated heterocycles. The van der Waals surface area contributed by atoms with Gasteiger partial charge in [-0.25, -0.2) is 13.8 Å². The molecule has 2 heterocycles. The van der Waals surface area contributed by atoms with Crippen molar-refractivity contribution in [3.8, 4) is 11.6 Å². The number of ether oxygens (including phenoxy) is 2. The fourth-order valence-electron chi connectivity index (χ4n) is 3.74. The normalized spacial score (nSPS) is 19.3. The lowest BCUT2D eigenvalue weighted by Crippen LogP contribution is -2.26. The maximum Gasteiger partial charge on any atom is 0.296 e. The molecule has 172 valence electrons. The van der Waals surface area contributed by atoms with E-state index in [9.17, 15) is 18.0 Å². The number of anilines is 1. The van der Waals surface area contributed by atoms with Crippen LogP contribution >= 0.6 is 0 Å². The smallest absolute Gasteiger partial charge is 0.296 e. The maximum absolute atomic E-state index is 14.8. The quantitative estimate of drug-likeness (QED) is 0.536. The largest absolute Gasteiger partial charge is 0.489 e. The van der Waals surface area contributed by atoms with Crippen molar-refractivity contribution in [2.24, 2.45) is 5.92 Å². The average molecular weight is 449 g/mol. The van der Waals surface area contributed by atoms with E-state index in [0.717, 1.165) is 18.4 Å².